The van der Waals surface area contributed by atoms with Crippen LogP contribution in [-0.4, -0.2) is 24.5 Å². The molecular weight excluding hydrogens is 824 g/mol. The zero-order chi connectivity index (χ0) is 44.8. The number of hydrogen-bond donors (Lipinski definition) is 0. The average molecular weight is 862 g/mol. The highest BCUT2D eigenvalue weighted by Crippen LogP contribution is 2.41. The molecule has 11 rings (SSSR count). The number of alkyl halides is 3. The molecule has 316 valence electrons. The minimum Gasteiger partial charge on any atom is -0.309 e. The summed E-state index contributed by atoms with van der Waals surface area (Å²) in [6, 6.07) is 68.9. The third-order valence-corrected chi connectivity index (χ3v) is 12.0. The van der Waals surface area contributed by atoms with Gasteiger partial charge in [0, 0.05) is 44.2 Å². The Bertz CT molecular complexity index is 3460. The topological polar surface area (TPSA) is 56.5 Å². The first-order chi connectivity index (χ1) is 32.2. The van der Waals surface area contributed by atoms with E-state index in [1.807, 2.05) is 103 Å². The van der Waals surface area contributed by atoms with E-state index in [-0.39, 0.29) is 0 Å². The normalized spacial score (nSPS) is 11.6. The number of halogens is 3. The van der Waals surface area contributed by atoms with Gasteiger partial charge in [0.2, 0.25) is 0 Å². The lowest BCUT2D eigenvalue weighted by Crippen LogP contribution is -2.05. The lowest BCUT2D eigenvalue weighted by molar-refractivity contribution is -0.137. The average Bonchev–Trinajstić information content (AvgIpc) is 3.70. The molecule has 0 saturated heterocycles. The minimum atomic E-state index is -4.43. The van der Waals surface area contributed by atoms with Crippen molar-refractivity contribution in [1.82, 2.24) is 24.5 Å². The second kappa shape index (κ2) is 16.6. The maximum Gasteiger partial charge on any atom is 0.416 e. The summed E-state index contributed by atoms with van der Waals surface area (Å²) in [5, 5.41) is 1.94. The quantitative estimate of drug-likeness (QED) is 0.153. The van der Waals surface area contributed by atoms with Crippen LogP contribution in [0.3, 0.4) is 0 Å². The Morgan fingerprint density at radius 3 is 1.35 bits per heavy atom. The summed E-state index contributed by atoms with van der Waals surface area (Å²) in [5.74, 6) is 1.06. The van der Waals surface area contributed by atoms with Gasteiger partial charge in [0.1, 0.15) is 0 Å². The standard InChI is InChI=1S/C58H38F3N5/c1-37-32-44(58(59,60)61)28-29-45(37)42-26-30-54-47(33-42)46-24-14-15-25-53(46)66(54)55-31-27-43(56-62-49(38-16-6-2-7-17-38)35-50(63-56)39-18-8-3-9-19-39)34-48(55)57-64-51(40-20-10-4-11-21-40)36-52(65-57)41-22-12-5-13-23-41/h2-36H,1H3. The van der Waals surface area contributed by atoms with Crippen LogP contribution in [0.1, 0.15) is 11.1 Å². The van der Waals surface area contributed by atoms with Gasteiger partial charge in [0.25, 0.3) is 0 Å². The fraction of sp³-hybridized carbons (Fsp3) is 0.0345. The van der Waals surface area contributed by atoms with Gasteiger partial charge >= 0.3 is 6.18 Å². The smallest absolute Gasteiger partial charge is 0.309 e. The first kappa shape index (κ1) is 40.3. The summed E-state index contributed by atoms with van der Waals surface area (Å²) in [4.78, 5) is 21.1. The van der Waals surface area contributed by atoms with Crippen molar-refractivity contribution in [2.45, 2.75) is 13.1 Å². The van der Waals surface area contributed by atoms with E-state index in [1.165, 1.54) is 6.07 Å². The molecule has 0 spiro atoms. The van der Waals surface area contributed by atoms with Crippen molar-refractivity contribution < 1.29 is 13.2 Å². The summed E-state index contributed by atoms with van der Waals surface area (Å²) in [5.41, 5.74) is 12.6. The number of aryl methyl sites for hydroxylation is 1. The molecule has 5 nitrogen and oxygen atoms in total. The minimum absolute atomic E-state index is 0.512. The van der Waals surface area contributed by atoms with Crippen molar-refractivity contribution in [3.63, 3.8) is 0 Å². The van der Waals surface area contributed by atoms with Gasteiger partial charge in [0.15, 0.2) is 11.6 Å². The predicted molar refractivity (Wildman–Crippen MR) is 260 cm³/mol. The van der Waals surface area contributed by atoms with Gasteiger partial charge in [-0.3, -0.25) is 0 Å². The van der Waals surface area contributed by atoms with E-state index in [0.29, 0.717) is 17.2 Å². The Balaban J connectivity index is 1.17. The summed E-state index contributed by atoms with van der Waals surface area (Å²) in [7, 11) is 0. The number of rotatable bonds is 8. The number of aromatic nitrogens is 5. The van der Waals surface area contributed by atoms with E-state index in [4.69, 9.17) is 19.9 Å². The molecule has 0 N–H and O–H groups in total. The number of hydrogen-bond acceptors (Lipinski definition) is 4. The van der Waals surface area contributed by atoms with Gasteiger partial charge in [-0.1, -0.05) is 152 Å². The van der Waals surface area contributed by atoms with Gasteiger partial charge in [-0.2, -0.15) is 13.2 Å². The van der Waals surface area contributed by atoms with Crippen LogP contribution in [0.4, 0.5) is 13.2 Å². The molecule has 0 bridgehead atoms. The summed E-state index contributed by atoms with van der Waals surface area (Å²) in [6.07, 6.45) is -4.43. The van der Waals surface area contributed by atoms with E-state index in [0.717, 1.165) is 101 Å². The fourth-order valence-corrected chi connectivity index (χ4v) is 8.78. The second-order valence-electron chi connectivity index (χ2n) is 16.2. The molecule has 0 aliphatic heterocycles. The molecule has 3 heterocycles. The molecular formula is C58H38F3N5. The lowest BCUT2D eigenvalue weighted by Gasteiger charge is -2.17. The van der Waals surface area contributed by atoms with E-state index >= 15 is 0 Å². The van der Waals surface area contributed by atoms with E-state index in [9.17, 15) is 13.2 Å². The molecule has 8 aromatic carbocycles. The molecule has 0 aliphatic carbocycles. The second-order valence-corrected chi connectivity index (χ2v) is 16.2. The van der Waals surface area contributed by atoms with Crippen LogP contribution < -0.4 is 0 Å². The molecule has 0 aliphatic rings. The Labute approximate surface area is 379 Å². The molecule has 0 unspecified atom stereocenters. The number of para-hydroxylation sites is 1. The van der Waals surface area contributed by atoms with Crippen molar-refractivity contribution in [2.24, 2.45) is 0 Å². The van der Waals surface area contributed by atoms with Crippen molar-refractivity contribution in [2.75, 3.05) is 0 Å². The van der Waals surface area contributed by atoms with Crippen molar-refractivity contribution in [3.05, 3.63) is 223 Å². The van der Waals surface area contributed by atoms with Gasteiger partial charge in [0.05, 0.1) is 45.1 Å². The Hall–Kier alpha value is -8.49. The highest BCUT2D eigenvalue weighted by molar-refractivity contribution is 6.11. The third kappa shape index (κ3) is 7.58. The van der Waals surface area contributed by atoms with Crippen molar-refractivity contribution in [3.8, 4) is 84.6 Å². The highest BCUT2D eigenvalue weighted by Gasteiger charge is 2.31. The molecule has 11 aromatic rings. The van der Waals surface area contributed by atoms with Crippen LogP contribution in [0.15, 0.2) is 212 Å². The Kier molecular flexibility index (Phi) is 10.1. The van der Waals surface area contributed by atoms with Crippen LogP contribution in [0.2, 0.25) is 0 Å². The first-order valence-electron chi connectivity index (χ1n) is 21.6. The largest absolute Gasteiger partial charge is 0.416 e. The van der Waals surface area contributed by atoms with Gasteiger partial charge in [-0.05, 0) is 84.3 Å². The molecule has 0 amide bonds. The van der Waals surface area contributed by atoms with E-state index in [2.05, 4.69) is 95.6 Å². The van der Waals surface area contributed by atoms with Crippen LogP contribution in [0.5, 0.6) is 0 Å². The van der Waals surface area contributed by atoms with Crippen LogP contribution in [-0.2, 0) is 6.18 Å². The first-order valence-corrected chi connectivity index (χ1v) is 21.6. The van der Waals surface area contributed by atoms with Crippen LogP contribution >= 0.6 is 0 Å². The predicted octanol–water partition coefficient (Wildman–Crippen LogP) is 15.4. The molecule has 0 fully saturated rings. The van der Waals surface area contributed by atoms with Gasteiger partial charge in [-0.15, -0.1) is 0 Å². The molecule has 3 aromatic heterocycles. The Morgan fingerprint density at radius 2 is 0.833 bits per heavy atom. The lowest BCUT2D eigenvalue weighted by atomic mass is 9.97. The van der Waals surface area contributed by atoms with E-state index in [1.54, 1.807) is 13.0 Å². The molecule has 66 heavy (non-hydrogen) atoms. The maximum absolute atomic E-state index is 13.7. The van der Waals surface area contributed by atoms with Gasteiger partial charge < -0.3 is 4.57 Å². The third-order valence-electron chi connectivity index (χ3n) is 12.0. The van der Waals surface area contributed by atoms with E-state index < -0.39 is 11.7 Å². The Morgan fingerprint density at radius 1 is 0.364 bits per heavy atom. The van der Waals surface area contributed by atoms with Crippen molar-refractivity contribution in [1.29, 1.82) is 0 Å². The zero-order valence-corrected chi connectivity index (χ0v) is 35.6. The zero-order valence-electron chi connectivity index (χ0n) is 35.6. The molecule has 0 radical (unpaired) electrons. The fourth-order valence-electron chi connectivity index (χ4n) is 8.78. The van der Waals surface area contributed by atoms with Crippen molar-refractivity contribution >= 4 is 21.8 Å². The SMILES string of the molecule is Cc1cc(C(F)(F)F)ccc1-c1ccc2c(c1)c1ccccc1n2-c1ccc(-c2nc(-c3ccccc3)cc(-c3ccccc3)n2)cc1-c1nc(-c2ccccc2)cc(-c2ccccc2)n1. The van der Waals surface area contributed by atoms with Crippen LogP contribution in [0.25, 0.3) is 106 Å². The summed E-state index contributed by atoms with van der Waals surface area (Å²) in [6.45, 7) is 1.72. The highest BCUT2D eigenvalue weighted by atomic mass is 19.4. The number of fused-ring (bicyclic) bond motifs is 3. The maximum atomic E-state index is 13.7. The summed E-state index contributed by atoms with van der Waals surface area (Å²) >= 11 is 0. The van der Waals surface area contributed by atoms with Crippen LogP contribution in [0, 0.1) is 6.92 Å². The van der Waals surface area contributed by atoms with Gasteiger partial charge in [-0.25, -0.2) is 19.9 Å². The monoisotopic (exact) mass is 861 g/mol. The molecule has 8 heteroatoms. The number of nitrogens with zero attached hydrogens (tertiary/aromatic N) is 5. The summed E-state index contributed by atoms with van der Waals surface area (Å²) < 4.78 is 43.3. The number of benzene rings is 8. The molecule has 0 saturated carbocycles. The molecule has 0 atom stereocenters.